The smallest absolute Gasteiger partial charge is 0.245 e. The normalized spacial score (nSPS) is 21.9. The molecule has 2 rings (SSSR count). The number of amides is 1. The molecule has 3 heteroatoms. The van der Waals surface area contributed by atoms with Crippen molar-refractivity contribution in [2.75, 3.05) is 13.2 Å². The molecule has 1 aliphatic rings. The van der Waals surface area contributed by atoms with Gasteiger partial charge in [0.1, 0.15) is 6.04 Å². The predicted octanol–water partition coefficient (Wildman–Crippen LogP) is 2.16. The molecule has 0 bridgehead atoms. The second-order valence-electron chi connectivity index (χ2n) is 4.78. The van der Waals surface area contributed by atoms with Crippen molar-refractivity contribution >= 4 is 5.91 Å². The molecule has 1 aromatic rings. The molecule has 17 heavy (non-hydrogen) atoms. The fraction of sp³-hybridized carbons (Fsp3) is 0.500. The van der Waals surface area contributed by atoms with Gasteiger partial charge in [0.15, 0.2) is 0 Å². The lowest BCUT2D eigenvalue weighted by atomic mass is 10.1. The number of nitrogens with zero attached hydrogens (tertiary/aromatic N) is 1. The van der Waals surface area contributed by atoms with E-state index in [-0.39, 0.29) is 11.9 Å². The molecule has 0 aromatic heterocycles. The van der Waals surface area contributed by atoms with Crippen LogP contribution in [0.2, 0.25) is 0 Å². The highest BCUT2D eigenvalue weighted by molar-refractivity contribution is 5.85. The Morgan fingerprint density at radius 1 is 1.41 bits per heavy atom. The molecule has 1 N–H and O–H groups in total. The fourth-order valence-electron chi connectivity index (χ4n) is 2.12. The summed E-state index contributed by atoms with van der Waals surface area (Å²) in [4.78, 5) is 14.1. The second-order valence-corrected chi connectivity index (χ2v) is 4.78. The van der Waals surface area contributed by atoms with Crippen LogP contribution in [0.5, 0.6) is 0 Å². The van der Waals surface area contributed by atoms with Crippen molar-refractivity contribution in [3.05, 3.63) is 35.9 Å². The maximum Gasteiger partial charge on any atom is 0.245 e. The summed E-state index contributed by atoms with van der Waals surface area (Å²) in [6, 6.07) is 9.77. The summed E-state index contributed by atoms with van der Waals surface area (Å²) < 4.78 is 0. The Morgan fingerprint density at radius 2 is 2.12 bits per heavy atom. The van der Waals surface area contributed by atoms with Crippen LogP contribution in [0.4, 0.5) is 0 Å². The molecule has 3 nitrogen and oxygen atoms in total. The molecule has 92 valence electrons. The minimum Gasteiger partial charge on any atom is -0.328 e. The Hall–Kier alpha value is -1.35. The molecule has 2 atom stereocenters. The predicted molar refractivity (Wildman–Crippen MR) is 68.4 cm³/mol. The number of rotatable bonds is 4. The zero-order valence-electron chi connectivity index (χ0n) is 10.5. The minimum atomic E-state index is -0.153. The summed E-state index contributed by atoms with van der Waals surface area (Å²) in [5.41, 5.74) is 1.06. The monoisotopic (exact) mass is 232 g/mol. The number of carbonyl (C=O) groups excluding carboxylic acids is 1. The van der Waals surface area contributed by atoms with Gasteiger partial charge in [0.25, 0.3) is 0 Å². The maximum absolute atomic E-state index is 12.2. The van der Waals surface area contributed by atoms with Crippen molar-refractivity contribution in [2.24, 2.45) is 5.92 Å². The first-order chi connectivity index (χ1) is 8.22. The van der Waals surface area contributed by atoms with Crippen LogP contribution in [0.3, 0.4) is 0 Å². The van der Waals surface area contributed by atoms with E-state index in [1.165, 1.54) is 0 Å². The van der Waals surface area contributed by atoms with Crippen LogP contribution in [0.25, 0.3) is 0 Å². The van der Waals surface area contributed by atoms with E-state index in [1.807, 2.05) is 35.2 Å². The van der Waals surface area contributed by atoms with Crippen molar-refractivity contribution in [1.82, 2.24) is 10.2 Å². The molecular formula is C14H20N2O. The first kappa shape index (κ1) is 12.1. The Labute approximate surface area is 103 Å². The van der Waals surface area contributed by atoms with Gasteiger partial charge in [-0.15, -0.1) is 0 Å². The van der Waals surface area contributed by atoms with E-state index in [0.29, 0.717) is 12.6 Å². The van der Waals surface area contributed by atoms with E-state index >= 15 is 0 Å². The molecule has 2 unspecified atom stereocenters. The summed E-state index contributed by atoms with van der Waals surface area (Å²) in [6.45, 7) is 5.87. The van der Waals surface area contributed by atoms with E-state index in [4.69, 9.17) is 0 Å². The van der Waals surface area contributed by atoms with Gasteiger partial charge in [-0.25, -0.2) is 0 Å². The van der Waals surface area contributed by atoms with Crippen LogP contribution in [0, 0.1) is 5.92 Å². The van der Waals surface area contributed by atoms with Crippen LogP contribution in [0.15, 0.2) is 30.3 Å². The summed E-state index contributed by atoms with van der Waals surface area (Å²) in [7, 11) is 0. The van der Waals surface area contributed by atoms with E-state index in [2.05, 4.69) is 19.2 Å². The molecule has 0 spiro atoms. The number of nitrogens with one attached hydrogen (secondary N) is 1. The van der Waals surface area contributed by atoms with Crippen molar-refractivity contribution in [1.29, 1.82) is 0 Å². The molecule has 1 amide bonds. The molecule has 1 heterocycles. The fourth-order valence-corrected chi connectivity index (χ4v) is 2.12. The third-order valence-corrected chi connectivity index (χ3v) is 3.41. The van der Waals surface area contributed by atoms with Gasteiger partial charge in [-0.2, -0.15) is 0 Å². The van der Waals surface area contributed by atoms with Gasteiger partial charge in [0, 0.05) is 6.54 Å². The van der Waals surface area contributed by atoms with Gasteiger partial charge in [-0.3, -0.25) is 10.1 Å². The van der Waals surface area contributed by atoms with E-state index in [0.717, 1.165) is 18.5 Å². The molecule has 0 radical (unpaired) electrons. The summed E-state index contributed by atoms with van der Waals surface area (Å²) in [5.74, 6) is 0.770. The van der Waals surface area contributed by atoms with Gasteiger partial charge in [-0.1, -0.05) is 50.6 Å². The van der Waals surface area contributed by atoms with Gasteiger partial charge in [0.05, 0.1) is 6.67 Å². The van der Waals surface area contributed by atoms with Gasteiger partial charge < -0.3 is 4.90 Å². The van der Waals surface area contributed by atoms with Crippen LogP contribution in [0.1, 0.15) is 31.9 Å². The first-order valence-corrected chi connectivity index (χ1v) is 6.29. The maximum atomic E-state index is 12.2. The number of benzene rings is 1. The van der Waals surface area contributed by atoms with Crippen LogP contribution < -0.4 is 5.32 Å². The van der Waals surface area contributed by atoms with E-state index in [9.17, 15) is 4.79 Å². The molecule has 1 aromatic carbocycles. The van der Waals surface area contributed by atoms with E-state index in [1.54, 1.807) is 0 Å². The third-order valence-electron chi connectivity index (χ3n) is 3.41. The van der Waals surface area contributed by atoms with Gasteiger partial charge in [-0.05, 0) is 11.5 Å². The lowest BCUT2D eigenvalue weighted by Crippen LogP contribution is -2.31. The van der Waals surface area contributed by atoms with Crippen LogP contribution >= 0.6 is 0 Å². The van der Waals surface area contributed by atoms with Crippen molar-refractivity contribution in [3.63, 3.8) is 0 Å². The van der Waals surface area contributed by atoms with Crippen molar-refractivity contribution in [3.8, 4) is 0 Å². The molecule has 0 saturated carbocycles. The SMILES string of the molecule is CCC(C)CN1CNC(c2ccccc2)C1=O. The largest absolute Gasteiger partial charge is 0.328 e. The summed E-state index contributed by atoms with van der Waals surface area (Å²) >= 11 is 0. The quantitative estimate of drug-likeness (QED) is 0.862. The summed E-state index contributed by atoms with van der Waals surface area (Å²) in [5, 5.41) is 3.28. The average molecular weight is 232 g/mol. The molecular weight excluding hydrogens is 212 g/mol. The number of hydrogen-bond acceptors (Lipinski definition) is 2. The Morgan fingerprint density at radius 3 is 2.76 bits per heavy atom. The standard InChI is InChI=1S/C14H20N2O/c1-3-11(2)9-16-10-15-13(14(16)17)12-7-5-4-6-8-12/h4-8,11,13,15H,3,9-10H2,1-2H3. The lowest BCUT2D eigenvalue weighted by molar-refractivity contribution is -0.129. The van der Waals surface area contributed by atoms with Crippen molar-refractivity contribution in [2.45, 2.75) is 26.3 Å². The number of hydrogen-bond donors (Lipinski definition) is 1. The zero-order chi connectivity index (χ0) is 12.3. The van der Waals surface area contributed by atoms with Crippen LogP contribution in [-0.4, -0.2) is 24.0 Å². The van der Waals surface area contributed by atoms with E-state index < -0.39 is 0 Å². The Kier molecular flexibility index (Phi) is 3.79. The number of carbonyl (C=O) groups is 1. The first-order valence-electron chi connectivity index (χ1n) is 6.29. The highest BCUT2D eigenvalue weighted by atomic mass is 16.2. The molecule has 1 aliphatic heterocycles. The topological polar surface area (TPSA) is 32.3 Å². The molecule has 0 aliphatic carbocycles. The highest BCUT2D eigenvalue weighted by Crippen LogP contribution is 2.21. The van der Waals surface area contributed by atoms with Crippen molar-refractivity contribution < 1.29 is 4.79 Å². The molecule has 1 saturated heterocycles. The average Bonchev–Trinajstić information content (AvgIpc) is 2.72. The van der Waals surface area contributed by atoms with Crippen LogP contribution in [-0.2, 0) is 4.79 Å². The Bertz CT molecular complexity index is 377. The lowest BCUT2D eigenvalue weighted by Gasteiger charge is -2.19. The minimum absolute atomic E-state index is 0.153. The second kappa shape index (κ2) is 5.32. The Balaban J connectivity index is 2.03. The van der Waals surface area contributed by atoms with Gasteiger partial charge in [0.2, 0.25) is 5.91 Å². The summed E-state index contributed by atoms with van der Waals surface area (Å²) in [6.07, 6.45) is 1.11. The van der Waals surface area contributed by atoms with Gasteiger partial charge >= 0.3 is 0 Å². The zero-order valence-corrected chi connectivity index (χ0v) is 10.5. The molecule has 1 fully saturated rings. The highest BCUT2D eigenvalue weighted by Gasteiger charge is 2.32. The third kappa shape index (κ3) is 2.67.